The van der Waals surface area contributed by atoms with Gasteiger partial charge in [-0.05, 0) is 38.5 Å². The number of likely N-dealkylation sites (N-methyl/N-ethyl adjacent to an activating group) is 1. The molecule has 1 N–H and O–H groups in total. The highest BCUT2D eigenvalue weighted by atomic mass is 31.2. The third-order valence-electron chi connectivity index (χ3n) is 13.6. The standard InChI is InChI=1S/C59H118NO7P/c1-6-8-10-12-14-16-18-20-22-24-26-28-29-30-31-33-35-37-39-41-43-45-47-49-51-54-64-56-58(57-66-68(62,63)65-55-53-60(3,4)5)67-59(61)52-50-48-46-44-42-40-38-36-34-32-27-25-23-21-19-17-15-13-11-9-7-2/h25,27,58H,6-24,26,28-57H2,1-5H3/p+1/b27-25-. The highest BCUT2D eigenvalue weighted by Gasteiger charge is 2.26. The fourth-order valence-corrected chi connectivity index (χ4v) is 9.71. The van der Waals surface area contributed by atoms with Crippen molar-refractivity contribution in [3.8, 4) is 0 Å². The van der Waals surface area contributed by atoms with E-state index in [1.807, 2.05) is 21.1 Å². The summed E-state index contributed by atoms with van der Waals surface area (Å²) in [6.45, 7) is 5.70. The van der Waals surface area contributed by atoms with E-state index in [1.165, 1.54) is 250 Å². The van der Waals surface area contributed by atoms with Gasteiger partial charge in [-0.25, -0.2) is 4.57 Å². The van der Waals surface area contributed by atoms with Crippen molar-refractivity contribution in [3.63, 3.8) is 0 Å². The molecule has 0 bridgehead atoms. The lowest BCUT2D eigenvalue weighted by molar-refractivity contribution is -0.870. The molecule has 406 valence electrons. The minimum Gasteiger partial charge on any atom is -0.457 e. The van der Waals surface area contributed by atoms with E-state index < -0.39 is 13.9 Å². The van der Waals surface area contributed by atoms with E-state index >= 15 is 0 Å². The van der Waals surface area contributed by atoms with Crippen molar-refractivity contribution in [2.75, 3.05) is 54.1 Å². The summed E-state index contributed by atoms with van der Waals surface area (Å²) in [5.41, 5.74) is 0. The van der Waals surface area contributed by atoms with E-state index in [2.05, 4.69) is 26.0 Å². The molecule has 0 aromatic rings. The largest absolute Gasteiger partial charge is 0.472 e. The average molecular weight is 986 g/mol. The number of rotatable bonds is 57. The molecule has 0 aliphatic carbocycles. The number of ether oxygens (including phenoxy) is 2. The molecule has 2 unspecified atom stereocenters. The Morgan fingerprint density at radius 1 is 0.441 bits per heavy atom. The summed E-state index contributed by atoms with van der Waals surface area (Å²) in [4.78, 5) is 23.1. The SMILES string of the molecule is CCCCCCCCCC/C=C\CCCCCCCCCCCC(=O)OC(COCCCCCCCCCCCCCCCCCCCCCCCCCCC)COP(=O)(O)OCC[N+](C)(C)C. The Morgan fingerprint density at radius 3 is 1.12 bits per heavy atom. The Hall–Kier alpha value is -0.760. The number of quaternary nitrogens is 1. The van der Waals surface area contributed by atoms with Gasteiger partial charge < -0.3 is 18.9 Å². The maximum absolute atomic E-state index is 12.8. The number of nitrogens with zero attached hydrogens (tertiary/aromatic N) is 1. The first kappa shape index (κ1) is 67.2. The predicted molar refractivity (Wildman–Crippen MR) is 294 cm³/mol. The van der Waals surface area contributed by atoms with Crippen molar-refractivity contribution >= 4 is 13.8 Å². The zero-order valence-corrected chi connectivity index (χ0v) is 47.3. The van der Waals surface area contributed by atoms with Crippen LogP contribution in [-0.2, 0) is 27.9 Å². The molecule has 0 heterocycles. The van der Waals surface area contributed by atoms with Crippen LogP contribution in [-0.4, -0.2) is 75.6 Å². The first-order valence-corrected chi connectivity index (χ1v) is 31.4. The molecule has 9 heteroatoms. The van der Waals surface area contributed by atoms with E-state index in [9.17, 15) is 14.3 Å². The van der Waals surface area contributed by atoms with Crippen LogP contribution in [0.15, 0.2) is 12.2 Å². The normalized spacial score (nSPS) is 13.4. The van der Waals surface area contributed by atoms with Crippen LogP contribution in [0.5, 0.6) is 0 Å². The number of unbranched alkanes of at least 4 members (excludes halogenated alkanes) is 41. The van der Waals surface area contributed by atoms with Crippen LogP contribution in [0.3, 0.4) is 0 Å². The van der Waals surface area contributed by atoms with Gasteiger partial charge in [-0.3, -0.25) is 13.8 Å². The number of allylic oxidation sites excluding steroid dienone is 2. The molecule has 0 aromatic carbocycles. The van der Waals surface area contributed by atoms with Gasteiger partial charge in [0, 0.05) is 13.0 Å². The molecule has 0 saturated carbocycles. The second kappa shape index (κ2) is 52.6. The lowest BCUT2D eigenvalue weighted by atomic mass is 10.0. The predicted octanol–water partition coefficient (Wildman–Crippen LogP) is 18.9. The first-order valence-electron chi connectivity index (χ1n) is 29.9. The van der Waals surface area contributed by atoms with Crippen molar-refractivity contribution in [2.45, 2.75) is 309 Å². The zero-order chi connectivity index (χ0) is 49.8. The molecule has 2 atom stereocenters. The molecule has 0 aromatic heterocycles. The topological polar surface area (TPSA) is 91.3 Å². The third kappa shape index (κ3) is 56.2. The van der Waals surface area contributed by atoms with Gasteiger partial charge in [0.25, 0.3) is 0 Å². The highest BCUT2D eigenvalue weighted by molar-refractivity contribution is 7.47. The molecule has 0 saturated heterocycles. The quantitative estimate of drug-likeness (QED) is 0.0213. The summed E-state index contributed by atoms with van der Waals surface area (Å²) in [6, 6.07) is 0. The van der Waals surface area contributed by atoms with Gasteiger partial charge in [-0.1, -0.05) is 270 Å². The summed E-state index contributed by atoms with van der Waals surface area (Å²) in [6.07, 6.45) is 62.8. The molecule has 0 radical (unpaired) electrons. The van der Waals surface area contributed by atoms with Crippen molar-refractivity contribution in [3.05, 3.63) is 12.2 Å². The van der Waals surface area contributed by atoms with Crippen LogP contribution < -0.4 is 0 Å². The van der Waals surface area contributed by atoms with Gasteiger partial charge >= 0.3 is 13.8 Å². The summed E-state index contributed by atoms with van der Waals surface area (Å²) in [5, 5.41) is 0. The summed E-state index contributed by atoms with van der Waals surface area (Å²) >= 11 is 0. The van der Waals surface area contributed by atoms with Crippen molar-refractivity contribution < 1.29 is 37.3 Å². The number of phosphoric acid groups is 1. The smallest absolute Gasteiger partial charge is 0.457 e. The van der Waals surface area contributed by atoms with Gasteiger partial charge in [0.1, 0.15) is 19.3 Å². The Balaban J connectivity index is 4.00. The second-order valence-electron chi connectivity index (χ2n) is 21.7. The van der Waals surface area contributed by atoms with Gasteiger partial charge in [-0.15, -0.1) is 0 Å². The van der Waals surface area contributed by atoms with E-state index in [0.717, 1.165) is 32.1 Å². The Kier molecular flexibility index (Phi) is 52.0. The zero-order valence-electron chi connectivity index (χ0n) is 46.4. The Bertz CT molecular complexity index is 1100. The molecule has 0 fully saturated rings. The molecule has 0 spiro atoms. The van der Waals surface area contributed by atoms with E-state index in [-0.39, 0.29) is 25.8 Å². The maximum atomic E-state index is 12.8. The molecule has 8 nitrogen and oxygen atoms in total. The lowest BCUT2D eigenvalue weighted by Gasteiger charge is -2.24. The molecule has 0 amide bonds. The van der Waals surface area contributed by atoms with Gasteiger partial charge in [0.05, 0.1) is 34.4 Å². The number of esters is 1. The monoisotopic (exact) mass is 985 g/mol. The fraction of sp³-hybridized carbons (Fsp3) is 0.949. The number of phosphoric ester groups is 1. The lowest BCUT2D eigenvalue weighted by Crippen LogP contribution is -2.37. The molecule has 0 rings (SSSR count). The van der Waals surface area contributed by atoms with Crippen LogP contribution in [0, 0.1) is 0 Å². The first-order chi connectivity index (χ1) is 33.1. The summed E-state index contributed by atoms with van der Waals surface area (Å²) in [5.74, 6) is -0.308. The highest BCUT2D eigenvalue weighted by Crippen LogP contribution is 2.43. The second-order valence-corrected chi connectivity index (χ2v) is 23.2. The minimum atomic E-state index is -4.28. The minimum absolute atomic E-state index is 0.0922. The average Bonchev–Trinajstić information content (AvgIpc) is 3.30. The van der Waals surface area contributed by atoms with Crippen molar-refractivity contribution in [1.29, 1.82) is 0 Å². The Morgan fingerprint density at radius 2 is 0.765 bits per heavy atom. The van der Waals surface area contributed by atoms with Crippen LogP contribution in [0.25, 0.3) is 0 Å². The van der Waals surface area contributed by atoms with Gasteiger partial charge in [0.15, 0.2) is 0 Å². The summed E-state index contributed by atoms with van der Waals surface area (Å²) < 4.78 is 35.3. The summed E-state index contributed by atoms with van der Waals surface area (Å²) in [7, 11) is 1.69. The van der Waals surface area contributed by atoms with Crippen LogP contribution in [0.4, 0.5) is 0 Å². The van der Waals surface area contributed by atoms with Crippen LogP contribution >= 0.6 is 7.82 Å². The number of carbonyl (C=O) groups excluding carboxylic acids is 1. The van der Waals surface area contributed by atoms with Gasteiger partial charge in [-0.2, -0.15) is 0 Å². The third-order valence-corrected chi connectivity index (χ3v) is 14.6. The van der Waals surface area contributed by atoms with Crippen molar-refractivity contribution in [1.82, 2.24) is 0 Å². The number of hydrogen-bond acceptors (Lipinski definition) is 6. The van der Waals surface area contributed by atoms with Gasteiger partial charge in [0.2, 0.25) is 0 Å². The molecular weight excluding hydrogens is 866 g/mol. The molecular formula is C59H119NO7P+. The molecule has 0 aliphatic rings. The van der Waals surface area contributed by atoms with E-state index in [4.69, 9.17) is 18.5 Å². The van der Waals surface area contributed by atoms with Crippen LogP contribution in [0.2, 0.25) is 0 Å². The van der Waals surface area contributed by atoms with Crippen LogP contribution in [0.1, 0.15) is 303 Å². The fourth-order valence-electron chi connectivity index (χ4n) is 8.96. The Labute approximate surface area is 424 Å². The number of hydrogen-bond donors (Lipinski definition) is 1. The molecule has 68 heavy (non-hydrogen) atoms. The maximum Gasteiger partial charge on any atom is 0.472 e. The number of carbonyl (C=O) groups is 1. The molecule has 0 aliphatic heterocycles. The van der Waals surface area contributed by atoms with E-state index in [1.54, 1.807) is 0 Å². The van der Waals surface area contributed by atoms with E-state index in [0.29, 0.717) is 24.1 Å². The van der Waals surface area contributed by atoms with Crippen molar-refractivity contribution in [2.24, 2.45) is 0 Å².